The molecule has 0 aromatic rings. The van der Waals surface area contributed by atoms with Crippen LogP contribution in [0.15, 0.2) is 0 Å². The predicted octanol–water partition coefficient (Wildman–Crippen LogP) is 1.17. The van der Waals surface area contributed by atoms with Crippen LogP contribution in [-0.2, 0) is 4.74 Å². The minimum Gasteiger partial charge on any atom is -0.402 e. The van der Waals surface area contributed by atoms with Gasteiger partial charge in [-0.2, -0.15) is 0 Å². The summed E-state index contributed by atoms with van der Waals surface area (Å²) < 4.78 is 5.69. The van der Waals surface area contributed by atoms with Crippen molar-refractivity contribution in [3.05, 3.63) is 0 Å². The van der Waals surface area contributed by atoms with Gasteiger partial charge in [0.15, 0.2) is 0 Å². The molecule has 0 fully saturated rings. The number of aliphatic hydroxyl groups is 1. The fraction of sp³-hybridized carbons (Fsp3) is 1.00. The lowest BCUT2D eigenvalue weighted by Gasteiger charge is -2.27. The van der Waals surface area contributed by atoms with Crippen LogP contribution in [0.1, 0.15) is 40.5 Å². The highest BCUT2D eigenvalue weighted by molar-refractivity contribution is 6.10. The first-order valence-corrected chi connectivity index (χ1v) is 5.15. The van der Waals surface area contributed by atoms with E-state index in [0.29, 0.717) is 12.3 Å². The molecule has 0 aromatic heterocycles. The van der Waals surface area contributed by atoms with Gasteiger partial charge in [0.1, 0.15) is 7.85 Å². The molecular formula is C10H23BO2. The van der Waals surface area contributed by atoms with Crippen LogP contribution in [0.5, 0.6) is 0 Å². The Balaban J connectivity index is 3.62. The molecule has 1 unspecified atom stereocenters. The summed E-state index contributed by atoms with van der Waals surface area (Å²) in [7, 11) is 1.80. The van der Waals surface area contributed by atoms with E-state index in [-0.39, 0.29) is 11.6 Å². The fourth-order valence-electron chi connectivity index (χ4n) is 1.34. The predicted molar refractivity (Wildman–Crippen MR) is 58.7 cm³/mol. The normalized spacial score (nSPS) is 14.9. The highest BCUT2D eigenvalue weighted by atomic mass is 16.5. The Morgan fingerprint density at radius 3 is 2.31 bits per heavy atom. The van der Waals surface area contributed by atoms with Gasteiger partial charge in [-0.1, -0.05) is 13.8 Å². The third-order valence-electron chi connectivity index (χ3n) is 1.97. The van der Waals surface area contributed by atoms with Gasteiger partial charge in [-0.3, -0.25) is 0 Å². The molecule has 0 saturated heterocycles. The van der Waals surface area contributed by atoms with Crippen molar-refractivity contribution in [3.8, 4) is 0 Å². The highest BCUT2D eigenvalue weighted by Crippen LogP contribution is 2.16. The fourth-order valence-corrected chi connectivity index (χ4v) is 1.34. The van der Waals surface area contributed by atoms with E-state index in [4.69, 9.17) is 4.74 Å². The summed E-state index contributed by atoms with van der Waals surface area (Å²) in [5, 5.41) is 9.22. The van der Waals surface area contributed by atoms with Gasteiger partial charge in [-0.15, -0.1) is 0 Å². The first kappa shape index (κ1) is 13.0. The molecule has 3 heteroatoms. The molecule has 0 aliphatic rings. The maximum absolute atomic E-state index is 9.22. The zero-order valence-corrected chi connectivity index (χ0v) is 9.63. The van der Waals surface area contributed by atoms with Crippen molar-refractivity contribution in [1.29, 1.82) is 0 Å². The summed E-state index contributed by atoms with van der Waals surface area (Å²) in [5.41, 5.74) is -0.191. The molecule has 1 N–H and O–H groups in total. The summed E-state index contributed by atoms with van der Waals surface area (Å²) in [6, 6.07) is -0.283. The van der Waals surface area contributed by atoms with Crippen LogP contribution in [0.2, 0.25) is 0 Å². The van der Waals surface area contributed by atoms with Crippen molar-refractivity contribution in [2.75, 3.05) is 6.61 Å². The van der Waals surface area contributed by atoms with Gasteiger partial charge in [0.25, 0.3) is 0 Å². The summed E-state index contributed by atoms with van der Waals surface area (Å²) in [5.74, 6) is 0.683. The second-order valence-electron chi connectivity index (χ2n) is 4.84. The van der Waals surface area contributed by atoms with Gasteiger partial charge in [0.05, 0.1) is 5.60 Å². The monoisotopic (exact) mass is 186 g/mol. The molecule has 0 rings (SSSR count). The second-order valence-corrected chi connectivity index (χ2v) is 4.84. The third kappa shape index (κ3) is 8.32. The van der Waals surface area contributed by atoms with Gasteiger partial charge in [0.2, 0.25) is 0 Å². The molecule has 0 radical (unpaired) electrons. The Morgan fingerprint density at radius 1 is 1.38 bits per heavy atom. The summed E-state index contributed by atoms with van der Waals surface area (Å²) in [6.07, 6.45) is 1.79. The molecule has 0 spiro atoms. The van der Waals surface area contributed by atoms with E-state index in [9.17, 15) is 5.11 Å². The van der Waals surface area contributed by atoms with Crippen LogP contribution in [0.4, 0.5) is 0 Å². The first-order chi connectivity index (χ1) is 5.83. The molecule has 2 nitrogen and oxygen atoms in total. The molecule has 0 amide bonds. The molecule has 0 saturated carbocycles. The van der Waals surface area contributed by atoms with E-state index in [2.05, 4.69) is 13.8 Å². The molecule has 0 bridgehead atoms. The Labute approximate surface area is 83.1 Å². The van der Waals surface area contributed by atoms with Crippen molar-refractivity contribution in [1.82, 2.24) is 0 Å². The molecular weight excluding hydrogens is 163 g/mol. The molecule has 0 aromatic carbocycles. The second kappa shape index (κ2) is 5.66. The lowest BCUT2D eigenvalue weighted by molar-refractivity contribution is -0.0414. The van der Waals surface area contributed by atoms with E-state index in [1.165, 1.54) is 0 Å². The van der Waals surface area contributed by atoms with Crippen LogP contribution in [0.25, 0.3) is 0 Å². The molecule has 0 aliphatic heterocycles. The first-order valence-electron chi connectivity index (χ1n) is 5.15. The van der Waals surface area contributed by atoms with E-state index in [1.807, 2.05) is 13.8 Å². The zero-order chi connectivity index (χ0) is 10.5. The number of hydrogen-bond donors (Lipinski definition) is 1. The molecule has 1 atom stereocenters. The highest BCUT2D eigenvalue weighted by Gasteiger charge is 2.20. The summed E-state index contributed by atoms with van der Waals surface area (Å²) >= 11 is 0. The van der Waals surface area contributed by atoms with Crippen molar-refractivity contribution >= 4 is 7.85 Å². The Morgan fingerprint density at radius 2 is 1.92 bits per heavy atom. The molecule has 78 valence electrons. The molecule has 0 heterocycles. The van der Waals surface area contributed by atoms with Crippen molar-refractivity contribution in [3.63, 3.8) is 0 Å². The number of ether oxygens (including phenoxy) is 1. The van der Waals surface area contributed by atoms with Crippen LogP contribution >= 0.6 is 0 Å². The average molecular weight is 186 g/mol. The SMILES string of the molecule is BC(O)CC(C)(C)OCCC(C)C. The Hall–Kier alpha value is -0.0151. The number of aliphatic hydroxyl groups excluding tert-OH is 1. The lowest BCUT2D eigenvalue weighted by atomic mass is 9.88. The maximum Gasteiger partial charge on any atom is 0.138 e. The van der Waals surface area contributed by atoms with E-state index in [1.54, 1.807) is 7.85 Å². The standard InChI is InChI=1S/C10H23BO2/c1-8(2)5-6-13-10(3,4)7-9(11)12/h8-9,12H,5-7,11H2,1-4H3. The topological polar surface area (TPSA) is 29.5 Å². The van der Waals surface area contributed by atoms with Gasteiger partial charge >= 0.3 is 0 Å². The largest absolute Gasteiger partial charge is 0.402 e. The minimum atomic E-state index is -0.283. The summed E-state index contributed by atoms with van der Waals surface area (Å²) in [4.78, 5) is 0. The summed E-state index contributed by atoms with van der Waals surface area (Å²) in [6.45, 7) is 9.22. The minimum absolute atomic E-state index is 0.191. The lowest BCUT2D eigenvalue weighted by Crippen LogP contribution is -2.30. The van der Waals surface area contributed by atoms with Gasteiger partial charge in [-0.25, -0.2) is 0 Å². The Kier molecular flexibility index (Phi) is 5.65. The van der Waals surface area contributed by atoms with Crippen LogP contribution in [0.3, 0.4) is 0 Å². The van der Waals surface area contributed by atoms with Crippen molar-refractivity contribution in [2.24, 2.45) is 5.92 Å². The van der Waals surface area contributed by atoms with Crippen molar-refractivity contribution < 1.29 is 9.84 Å². The van der Waals surface area contributed by atoms with Crippen LogP contribution in [-0.4, -0.2) is 31.2 Å². The van der Waals surface area contributed by atoms with Gasteiger partial charge in [-0.05, 0) is 32.6 Å². The van der Waals surface area contributed by atoms with E-state index in [0.717, 1.165) is 13.0 Å². The zero-order valence-electron chi connectivity index (χ0n) is 9.63. The Bertz CT molecular complexity index is 133. The van der Waals surface area contributed by atoms with Crippen LogP contribution < -0.4 is 0 Å². The van der Waals surface area contributed by atoms with E-state index >= 15 is 0 Å². The third-order valence-corrected chi connectivity index (χ3v) is 1.97. The smallest absolute Gasteiger partial charge is 0.138 e. The quantitative estimate of drug-likeness (QED) is 0.631. The number of rotatable bonds is 6. The molecule has 13 heavy (non-hydrogen) atoms. The van der Waals surface area contributed by atoms with Crippen molar-refractivity contribution in [2.45, 2.75) is 52.1 Å². The molecule has 0 aliphatic carbocycles. The average Bonchev–Trinajstić information content (AvgIpc) is 1.81. The van der Waals surface area contributed by atoms with E-state index < -0.39 is 0 Å². The van der Waals surface area contributed by atoms with Crippen LogP contribution in [0, 0.1) is 5.92 Å². The number of hydrogen-bond acceptors (Lipinski definition) is 2. The van der Waals surface area contributed by atoms with Gasteiger partial charge in [0, 0.05) is 12.6 Å². The maximum atomic E-state index is 9.22. The van der Waals surface area contributed by atoms with Gasteiger partial charge < -0.3 is 9.84 Å².